The SMILES string of the molecule is Cc1ccc(C[NH+](CCCl)CCCl)cc1.[Cl-]. The fourth-order valence-corrected chi connectivity index (χ4v) is 2.10. The van der Waals surface area contributed by atoms with Crippen molar-refractivity contribution >= 4 is 23.2 Å². The van der Waals surface area contributed by atoms with Crippen LogP contribution in [0.15, 0.2) is 24.3 Å². The van der Waals surface area contributed by atoms with Crippen LogP contribution in [0.2, 0.25) is 0 Å². The zero-order valence-electron chi connectivity index (χ0n) is 9.48. The summed E-state index contributed by atoms with van der Waals surface area (Å²) in [7, 11) is 0. The van der Waals surface area contributed by atoms with Gasteiger partial charge in [-0.05, 0) is 6.92 Å². The number of aryl methyl sites for hydroxylation is 1. The van der Waals surface area contributed by atoms with E-state index in [4.69, 9.17) is 23.2 Å². The number of nitrogens with one attached hydrogen (secondary N) is 1. The van der Waals surface area contributed by atoms with Gasteiger partial charge < -0.3 is 17.3 Å². The van der Waals surface area contributed by atoms with Crippen molar-refractivity contribution in [1.29, 1.82) is 0 Å². The summed E-state index contributed by atoms with van der Waals surface area (Å²) in [4.78, 5) is 1.45. The zero-order chi connectivity index (χ0) is 11.1. The number of alkyl halides is 2. The summed E-state index contributed by atoms with van der Waals surface area (Å²) in [5.41, 5.74) is 2.65. The Morgan fingerprint density at radius 3 is 1.94 bits per heavy atom. The molecule has 0 atom stereocenters. The second-order valence-corrected chi connectivity index (χ2v) is 4.55. The summed E-state index contributed by atoms with van der Waals surface area (Å²) in [6.07, 6.45) is 0. The summed E-state index contributed by atoms with van der Waals surface area (Å²) in [6, 6.07) is 8.65. The Hall–Kier alpha value is 0.0500. The summed E-state index contributed by atoms with van der Waals surface area (Å²) >= 11 is 11.5. The molecule has 0 spiro atoms. The van der Waals surface area contributed by atoms with E-state index in [0.29, 0.717) is 11.8 Å². The smallest absolute Gasteiger partial charge is 0.103 e. The van der Waals surface area contributed by atoms with E-state index in [1.54, 1.807) is 0 Å². The Morgan fingerprint density at radius 1 is 1.00 bits per heavy atom. The maximum absolute atomic E-state index is 5.76. The molecule has 0 amide bonds. The fourth-order valence-electron chi connectivity index (χ4n) is 1.56. The molecular weight excluding hydrogens is 264 g/mol. The van der Waals surface area contributed by atoms with E-state index in [2.05, 4.69) is 31.2 Å². The van der Waals surface area contributed by atoms with Gasteiger partial charge in [0.15, 0.2) is 0 Å². The molecule has 0 unspecified atom stereocenters. The lowest BCUT2D eigenvalue weighted by molar-refractivity contribution is -0.909. The van der Waals surface area contributed by atoms with E-state index in [1.807, 2.05) is 0 Å². The van der Waals surface area contributed by atoms with Crippen molar-refractivity contribution in [2.75, 3.05) is 24.8 Å². The molecule has 0 aliphatic carbocycles. The van der Waals surface area contributed by atoms with Gasteiger partial charge in [-0.3, -0.25) is 0 Å². The highest BCUT2D eigenvalue weighted by Gasteiger charge is 2.07. The standard InChI is InChI=1S/C12H17Cl2N.ClH/c1-11-2-4-12(5-3-11)10-15(8-6-13)9-7-14;/h2-5H,6-10H2,1H3;1H. The minimum absolute atomic E-state index is 0. The van der Waals surface area contributed by atoms with Crippen LogP contribution < -0.4 is 17.3 Å². The minimum atomic E-state index is 0. The van der Waals surface area contributed by atoms with Crippen molar-refractivity contribution in [2.24, 2.45) is 0 Å². The van der Waals surface area contributed by atoms with Gasteiger partial charge >= 0.3 is 0 Å². The highest BCUT2D eigenvalue weighted by molar-refractivity contribution is 6.18. The first-order valence-electron chi connectivity index (χ1n) is 5.27. The molecule has 16 heavy (non-hydrogen) atoms. The Bertz CT molecular complexity index is 268. The second-order valence-electron chi connectivity index (χ2n) is 3.79. The first-order chi connectivity index (χ1) is 7.26. The largest absolute Gasteiger partial charge is 1.00 e. The third-order valence-electron chi connectivity index (χ3n) is 2.47. The van der Waals surface area contributed by atoms with E-state index in [-0.39, 0.29) is 12.4 Å². The lowest BCUT2D eigenvalue weighted by Crippen LogP contribution is -3.11. The molecule has 0 heterocycles. The molecule has 0 aromatic heterocycles. The van der Waals surface area contributed by atoms with Gasteiger partial charge in [0.25, 0.3) is 0 Å². The first kappa shape index (κ1) is 16.1. The van der Waals surface area contributed by atoms with Crippen LogP contribution in [0.4, 0.5) is 0 Å². The molecular formula is C12H18Cl3N. The van der Waals surface area contributed by atoms with Gasteiger partial charge in [-0.15, -0.1) is 23.2 Å². The molecule has 0 bridgehead atoms. The van der Waals surface area contributed by atoms with Gasteiger partial charge in [0.05, 0.1) is 24.8 Å². The highest BCUT2D eigenvalue weighted by atomic mass is 35.5. The van der Waals surface area contributed by atoms with Crippen molar-refractivity contribution in [1.82, 2.24) is 0 Å². The number of benzene rings is 1. The molecule has 1 aromatic rings. The lowest BCUT2D eigenvalue weighted by Gasteiger charge is -2.17. The predicted octanol–water partition coefficient (Wildman–Crippen LogP) is -1.14. The molecule has 0 radical (unpaired) electrons. The topological polar surface area (TPSA) is 4.44 Å². The van der Waals surface area contributed by atoms with Gasteiger partial charge in [0.1, 0.15) is 6.54 Å². The van der Waals surface area contributed by atoms with Gasteiger partial charge in [-0.25, -0.2) is 0 Å². The van der Waals surface area contributed by atoms with Gasteiger partial charge in [-0.2, -0.15) is 0 Å². The molecule has 0 aliphatic heterocycles. The van der Waals surface area contributed by atoms with E-state index in [9.17, 15) is 0 Å². The van der Waals surface area contributed by atoms with Crippen molar-refractivity contribution in [3.63, 3.8) is 0 Å². The maximum atomic E-state index is 5.76. The number of quaternary nitrogens is 1. The second kappa shape index (κ2) is 9.12. The van der Waals surface area contributed by atoms with Gasteiger partial charge in [0, 0.05) is 5.56 Å². The quantitative estimate of drug-likeness (QED) is 0.630. The van der Waals surface area contributed by atoms with Crippen molar-refractivity contribution < 1.29 is 17.3 Å². The van der Waals surface area contributed by atoms with Crippen LogP contribution in [0.5, 0.6) is 0 Å². The number of rotatable bonds is 6. The zero-order valence-corrected chi connectivity index (χ0v) is 11.7. The molecule has 4 heteroatoms. The molecule has 0 saturated heterocycles. The molecule has 1 nitrogen and oxygen atoms in total. The third kappa shape index (κ3) is 5.95. The molecule has 92 valence electrons. The Balaban J connectivity index is 0.00000225. The summed E-state index contributed by atoms with van der Waals surface area (Å²) in [5.74, 6) is 1.39. The van der Waals surface area contributed by atoms with Crippen LogP contribution in [0.1, 0.15) is 11.1 Å². The van der Waals surface area contributed by atoms with Crippen LogP contribution in [-0.2, 0) is 6.54 Å². The van der Waals surface area contributed by atoms with Crippen LogP contribution in [0.25, 0.3) is 0 Å². The predicted molar refractivity (Wildman–Crippen MR) is 67.0 cm³/mol. The maximum Gasteiger partial charge on any atom is 0.103 e. The Morgan fingerprint density at radius 2 is 1.50 bits per heavy atom. The fraction of sp³-hybridized carbons (Fsp3) is 0.500. The molecule has 0 aliphatic rings. The van der Waals surface area contributed by atoms with E-state index >= 15 is 0 Å². The minimum Gasteiger partial charge on any atom is -1.00 e. The monoisotopic (exact) mass is 281 g/mol. The van der Waals surface area contributed by atoms with Crippen LogP contribution in [0, 0.1) is 6.92 Å². The van der Waals surface area contributed by atoms with Crippen molar-refractivity contribution in [3.8, 4) is 0 Å². The number of halogens is 3. The normalized spacial score (nSPS) is 10.2. The van der Waals surface area contributed by atoms with E-state index in [1.165, 1.54) is 16.0 Å². The average molecular weight is 283 g/mol. The van der Waals surface area contributed by atoms with Crippen LogP contribution in [-0.4, -0.2) is 24.8 Å². The van der Waals surface area contributed by atoms with Crippen molar-refractivity contribution in [2.45, 2.75) is 13.5 Å². The number of hydrogen-bond acceptors (Lipinski definition) is 0. The van der Waals surface area contributed by atoms with Crippen molar-refractivity contribution in [3.05, 3.63) is 35.4 Å². The molecule has 0 saturated carbocycles. The Labute approximate surface area is 114 Å². The summed E-state index contributed by atoms with van der Waals surface area (Å²) in [5, 5.41) is 0. The van der Waals surface area contributed by atoms with E-state index in [0.717, 1.165) is 19.6 Å². The third-order valence-corrected chi connectivity index (χ3v) is 2.85. The molecule has 1 aromatic carbocycles. The van der Waals surface area contributed by atoms with Gasteiger partial charge in [-0.1, -0.05) is 29.8 Å². The average Bonchev–Trinajstić information content (AvgIpc) is 2.22. The van der Waals surface area contributed by atoms with Crippen LogP contribution in [0.3, 0.4) is 0 Å². The van der Waals surface area contributed by atoms with E-state index < -0.39 is 0 Å². The Kier molecular flexibility index (Phi) is 9.15. The first-order valence-corrected chi connectivity index (χ1v) is 6.34. The number of hydrogen-bond donors (Lipinski definition) is 1. The highest BCUT2D eigenvalue weighted by Crippen LogP contribution is 2.01. The molecule has 1 rings (SSSR count). The van der Waals surface area contributed by atoms with Gasteiger partial charge in [0.2, 0.25) is 0 Å². The lowest BCUT2D eigenvalue weighted by atomic mass is 10.1. The summed E-state index contributed by atoms with van der Waals surface area (Å²) < 4.78 is 0. The molecule has 1 N–H and O–H groups in total. The van der Waals surface area contributed by atoms with Crippen LogP contribution >= 0.6 is 23.2 Å². The summed E-state index contributed by atoms with van der Waals surface area (Å²) in [6.45, 7) is 5.07. The molecule has 0 fully saturated rings.